The molecular formula is C7H9N5O. The maximum Gasteiger partial charge on any atom is 0.152 e. The van der Waals surface area contributed by atoms with Crippen molar-refractivity contribution >= 4 is 12.1 Å². The first-order valence-electron chi connectivity index (χ1n) is 3.85. The molecule has 0 aliphatic carbocycles. The Balaban J connectivity index is 2.42. The Labute approximate surface area is 74.6 Å². The van der Waals surface area contributed by atoms with E-state index in [0.717, 1.165) is 6.29 Å². The number of aromatic nitrogens is 2. The fourth-order valence-corrected chi connectivity index (χ4v) is 1.25. The first-order valence-corrected chi connectivity index (χ1v) is 3.85. The summed E-state index contributed by atoms with van der Waals surface area (Å²) in [5, 5.41) is 5.68. The van der Waals surface area contributed by atoms with Crippen LogP contribution in [0.3, 0.4) is 0 Å². The molecule has 0 saturated carbocycles. The van der Waals surface area contributed by atoms with Crippen LogP contribution in [-0.2, 0) is 4.79 Å². The summed E-state index contributed by atoms with van der Waals surface area (Å²) in [4.78, 5) is 18.7. The highest BCUT2D eigenvalue weighted by molar-refractivity contribution is 5.65. The van der Waals surface area contributed by atoms with E-state index in [1.165, 1.54) is 6.20 Å². The molecule has 0 aromatic carbocycles. The third-order valence-corrected chi connectivity index (χ3v) is 1.81. The molecule has 6 heteroatoms. The molecular weight excluding hydrogens is 170 g/mol. The number of carbonyl (C=O) groups is 1. The van der Waals surface area contributed by atoms with Crippen LogP contribution in [0, 0.1) is 0 Å². The fourth-order valence-electron chi connectivity index (χ4n) is 1.25. The molecule has 1 aromatic rings. The second kappa shape index (κ2) is 3.08. The monoisotopic (exact) mass is 179 g/mol. The summed E-state index contributed by atoms with van der Waals surface area (Å²) in [5.41, 5.74) is 6.15. The largest absolute Gasteiger partial charge is 0.341 e. The standard InChI is InChI=1S/C7H9N5O/c8-7-11-4(3-13)5-6(12-7)10-2-1-9-5/h1-4,7,11H,8H2,(H,10,12). The van der Waals surface area contributed by atoms with E-state index in [-0.39, 0.29) is 0 Å². The van der Waals surface area contributed by atoms with Crippen LogP contribution in [0.5, 0.6) is 0 Å². The Morgan fingerprint density at radius 1 is 1.46 bits per heavy atom. The van der Waals surface area contributed by atoms with E-state index in [9.17, 15) is 4.79 Å². The summed E-state index contributed by atoms with van der Waals surface area (Å²) < 4.78 is 0. The molecule has 0 bridgehead atoms. The van der Waals surface area contributed by atoms with Crippen molar-refractivity contribution in [1.29, 1.82) is 0 Å². The van der Waals surface area contributed by atoms with E-state index in [1.807, 2.05) is 0 Å². The summed E-state index contributed by atoms with van der Waals surface area (Å²) in [5.74, 6) is 0.561. The maximum atomic E-state index is 10.7. The van der Waals surface area contributed by atoms with Crippen molar-refractivity contribution in [2.24, 2.45) is 5.73 Å². The zero-order valence-electron chi connectivity index (χ0n) is 6.77. The van der Waals surface area contributed by atoms with Gasteiger partial charge in [-0.2, -0.15) is 0 Å². The molecule has 0 amide bonds. The Kier molecular flexibility index (Phi) is 1.91. The molecule has 2 rings (SSSR count). The molecule has 0 saturated heterocycles. The Morgan fingerprint density at radius 3 is 3.00 bits per heavy atom. The van der Waals surface area contributed by atoms with Crippen molar-refractivity contribution in [3.05, 3.63) is 18.1 Å². The van der Waals surface area contributed by atoms with Gasteiger partial charge in [-0.15, -0.1) is 0 Å². The second-order valence-electron chi connectivity index (χ2n) is 2.69. The second-order valence-corrected chi connectivity index (χ2v) is 2.69. The number of rotatable bonds is 1. The summed E-state index contributed by atoms with van der Waals surface area (Å²) in [6, 6.07) is -0.472. The van der Waals surface area contributed by atoms with Crippen molar-refractivity contribution < 1.29 is 4.79 Å². The van der Waals surface area contributed by atoms with Crippen LogP contribution in [0.2, 0.25) is 0 Å². The van der Waals surface area contributed by atoms with Gasteiger partial charge in [-0.05, 0) is 0 Å². The van der Waals surface area contributed by atoms with Crippen LogP contribution in [0.1, 0.15) is 11.7 Å². The number of aldehydes is 1. The van der Waals surface area contributed by atoms with Gasteiger partial charge in [0.2, 0.25) is 0 Å². The molecule has 0 spiro atoms. The minimum absolute atomic E-state index is 0.459. The molecule has 1 aromatic heterocycles. The van der Waals surface area contributed by atoms with E-state index in [2.05, 4.69) is 20.6 Å². The van der Waals surface area contributed by atoms with Crippen molar-refractivity contribution in [1.82, 2.24) is 15.3 Å². The number of nitrogens with zero attached hydrogens (tertiary/aromatic N) is 2. The van der Waals surface area contributed by atoms with Crippen molar-refractivity contribution in [2.45, 2.75) is 12.3 Å². The van der Waals surface area contributed by atoms with Gasteiger partial charge in [-0.25, -0.2) is 4.98 Å². The number of hydrogen-bond acceptors (Lipinski definition) is 6. The van der Waals surface area contributed by atoms with Crippen LogP contribution in [0.15, 0.2) is 12.4 Å². The van der Waals surface area contributed by atoms with E-state index >= 15 is 0 Å². The van der Waals surface area contributed by atoms with Crippen LogP contribution >= 0.6 is 0 Å². The van der Waals surface area contributed by atoms with Crippen LogP contribution in [0.4, 0.5) is 5.82 Å². The Hall–Kier alpha value is -1.53. The zero-order valence-corrected chi connectivity index (χ0v) is 6.77. The molecule has 68 valence electrons. The van der Waals surface area contributed by atoms with E-state index in [0.29, 0.717) is 11.5 Å². The highest BCUT2D eigenvalue weighted by atomic mass is 16.1. The molecule has 4 N–H and O–H groups in total. The van der Waals surface area contributed by atoms with Gasteiger partial charge in [0.1, 0.15) is 24.3 Å². The third-order valence-electron chi connectivity index (χ3n) is 1.81. The first kappa shape index (κ1) is 8.09. The van der Waals surface area contributed by atoms with Gasteiger partial charge in [0.15, 0.2) is 5.82 Å². The zero-order chi connectivity index (χ0) is 9.26. The lowest BCUT2D eigenvalue weighted by Gasteiger charge is -2.27. The van der Waals surface area contributed by atoms with Gasteiger partial charge < -0.3 is 10.1 Å². The smallest absolute Gasteiger partial charge is 0.152 e. The van der Waals surface area contributed by atoms with Gasteiger partial charge in [-0.3, -0.25) is 16.0 Å². The summed E-state index contributed by atoms with van der Waals surface area (Å²) in [7, 11) is 0. The van der Waals surface area contributed by atoms with E-state index < -0.39 is 12.3 Å². The van der Waals surface area contributed by atoms with Crippen molar-refractivity contribution in [3.63, 3.8) is 0 Å². The van der Waals surface area contributed by atoms with Gasteiger partial charge >= 0.3 is 0 Å². The first-order chi connectivity index (χ1) is 6.31. The molecule has 2 heterocycles. The van der Waals surface area contributed by atoms with E-state index in [4.69, 9.17) is 5.73 Å². The van der Waals surface area contributed by atoms with Crippen LogP contribution in [0.25, 0.3) is 0 Å². The molecule has 13 heavy (non-hydrogen) atoms. The van der Waals surface area contributed by atoms with Gasteiger partial charge in [-0.1, -0.05) is 0 Å². The number of carbonyl (C=O) groups excluding carboxylic acids is 1. The predicted octanol–water partition coefficient (Wildman–Crippen LogP) is -1.03. The molecule has 0 radical (unpaired) electrons. The minimum Gasteiger partial charge on any atom is -0.341 e. The normalized spacial score (nSPS) is 25.9. The van der Waals surface area contributed by atoms with Gasteiger partial charge in [0, 0.05) is 12.4 Å². The maximum absolute atomic E-state index is 10.7. The fraction of sp³-hybridized carbons (Fsp3) is 0.286. The topological polar surface area (TPSA) is 92.9 Å². The summed E-state index contributed by atoms with van der Waals surface area (Å²) >= 11 is 0. The predicted molar refractivity (Wildman–Crippen MR) is 45.6 cm³/mol. The Bertz CT molecular complexity index is 328. The van der Waals surface area contributed by atoms with Crippen molar-refractivity contribution in [2.75, 3.05) is 5.32 Å². The number of fused-ring (bicyclic) bond motifs is 1. The molecule has 0 fully saturated rings. The van der Waals surface area contributed by atoms with Crippen molar-refractivity contribution in [3.8, 4) is 0 Å². The number of nitrogens with two attached hydrogens (primary N) is 1. The average molecular weight is 179 g/mol. The third kappa shape index (κ3) is 1.36. The minimum atomic E-state index is -0.472. The lowest BCUT2D eigenvalue weighted by Crippen LogP contribution is -2.50. The molecule has 1 aliphatic heterocycles. The van der Waals surface area contributed by atoms with Gasteiger partial charge in [0.25, 0.3) is 0 Å². The number of hydrogen-bond donors (Lipinski definition) is 3. The number of anilines is 1. The molecule has 6 nitrogen and oxygen atoms in total. The SMILES string of the molecule is NC1Nc2nccnc2C(C=O)N1. The average Bonchev–Trinajstić information content (AvgIpc) is 2.16. The number of nitrogens with one attached hydrogen (secondary N) is 2. The molecule has 1 aliphatic rings. The molecule has 2 unspecified atom stereocenters. The molecule has 2 atom stereocenters. The highest BCUT2D eigenvalue weighted by Crippen LogP contribution is 2.20. The van der Waals surface area contributed by atoms with Crippen LogP contribution < -0.4 is 16.4 Å². The summed E-state index contributed by atoms with van der Waals surface area (Å²) in [6.45, 7) is 0. The Morgan fingerprint density at radius 2 is 2.23 bits per heavy atom. The van der Waals surface area contributed by atoms with E-state index in [1.54, 1.807) is 6.20 Å². The van der Waals surface area contributed by atoms with Crippen LogP contribution in [-0.4, -0.2) is 22.5 Å². The summed E-state index contributed by atoms with van der Waals surface area (Å²) in [6.07, 6.45) is 3.38. The lowest BCUT2D eigenvalue weighted by atomic mass is 10.2. The highest BCUT2D eigenvalue weighted by Gasteiger charge is 2.24. The lowest BCUT2D eigenvalue weighted by molar-refractivity contribution is -0.110. The van der Waals surface area contributed by atoms with Gasteiger partial charge in [0.05, 0.1) is 0 Å². The quantitative estimate of drug-likeness (QED) is 0.477.